The maximum atomic E-state index is 13.0. The first-order chi connectivity index (χ1) is 13.8. The van der Waals surface area contributed by atoms with Gasteiger partial charge in [-0.3, -0.25) is 4.79 Å². The summed E-state index contributed by atoms with van der Waals surface area (Å²) in [5.74, 6) is 1.04. The number of benzene rings is 2. The van der Waals surface area contributed by atoms with Crippen molar-refractivity contribution >= 4 is 37.5 Å². The monoisotopic (exact) mass is 482 g/mol. The molecular formula is C20H23BrN2O5S. The number of amides is 1. The fourth-order valence-electron chi connectivity index (χ4n) is 3.43. The number of nitrogens with zero attached hydrogens (tertiary/aromatic N) is 1. The second-order valence-corrected chi connectivity index (χ2v) is 9.32. The van der Waals surface area contributed by atoms with Crippen molar-refractivity contribution in [1.82, 2.24) is 4.72 Å². The largest absolute Gasteiger partial charge is 0.493 e. The third-order valence-corrected chi connectivity index (χ3v) is 6.75. The number of hydrogen-bond acceptors (Lipinski definition) is 5. The average Bonchev–Trinajstić information content (AvgIpc) is 3.10. The summed E-state index contributed by atoms with van der Waals surface area (Å²) in [6.07, 6.45) is 1.11. The zero-order valence-electron chi connectivity index (χ0n) is 16.5. The standard InChI is InChI=1S/C20H23BrN2O5S/c1-13(24)23-9-7-15-11-16(21)12-19(20(15)23)29(25,26)22-8-6-14-4-5-17(27-2)18(10-14)28-3/h4-5,10-12,22H,6-9H2,1-3H3. The van der Waals surface area contributed by atoms with Gasteiger partial charge < -0.3 is 14.4 Å². The van der Waals surface area contributed by atoms with Crippen LogP contribution in [0.15, 0.2) is 39.7 Å². The molecule has 7 nitrogen and oxygen atoms in total. The van der Waals surface area contributed by atoms with Crippen LogP contribution in [0, 0.1) is 0 Å². The lowest BCUT2D eigenvalue weighted by Gasteiger charge is -2.19. The van der Waals surface area contributed by atoms with E-state index in [4.69, 9.17) is 9.47 Å². The molecule has 1 aliphatic heterocycles. The van der Waals surface area contributed by atoms with Gasteiger partial charge in [-0.05, 0) is 48.2 Å². The van der Waals surface area contributed by atoms with E-state index in [-0.39, 0.29) is 17.3 Å². The predicted molar refractivity (Wildman–Crippen MR) is 114 cm³/mol. The van der Waals surface area contributed by atoms with Crippen molar-refractivity contribution in [3.63, 3.8) is 0 Å². The lowest BCUT2D eigenvalue weighted by molar-refractivity contribution is -0.116. The molecular weight excluding hydrogens is 460 g/mol. The van der Waals surface area contributed by atoms with Gasteiger partial charge in [-0.1, -0.05) is 22.0 Å². The summed E-state index contributed by atoms with van der Waals surface area (Å²) in [4.78, 5) is 13.6. The molecule has 0 saturated heterocycles. The lowest BCUT2D eigenvalue weighted by atomic mass is 10.1. The van der Waals surface area contributed by atoms with Crippen molar-refractivity contribution in [2.24, 2.45) is 0 Å². The van der Waals surface area contributed by atoms with Crippen LogP contribution in [-0.2, 0) is 27.7 Å². The molecule has 0 bridgehead atoms. The van der Waals surface area contributed by atoms with Gasteiger partial charge in [0.2, 0.25) is 15.9 Å². The van der Waals surface area contributed by atoms with Crippen molar-refractivity contribution in [3.8, 4) is 11.5 Å². The third-order valence-electron chi connectivity index (χ3n) is 4.82. The summed E-state index contributed by atoms with van der Waals surface area (Å²) >= 11 is 3.38. The van der Waals surface area contributed by atoms with Crippen LogP contribution >= 0.6 is 15.9 Å². The molecule has 0 fully saturated rings. The predicted octanol–water partition coefficient (Wildman–Crippen LogP) is 2.90. The van der Waals surface area contributed by atoms with E-state index in [0.717, 1.165) is 11.1 Å². The molecule has 0 unspecified atom stereocenters. The first kappa shape index (κ1) is 21.6. The van der Waals surface area contributed by atoms with E-state index in [1.165, 1.54) is 11.8 Å². The van der Waals surface area contributed by atoms with E-state index < -0.39 is 10.0 Å². The number of anilines is 1. The zero-order chi connectivity index (χ0) is 21.2. The van der Waals surface area contributed by atoms with E-state index >= 15 is 0 Å². The van der Waals surface area contributed by atoms with Gasteiger partial charge in [0.1, 0.15) is 4.90 Å². The molecule has 1 amide bonds. The highest BCUT2D eigenvalue weighted by Crippen LogP contribution is 2.37. The van der Waals surface area contributed by atoms with Gasteiger partial charge in [0.25, 0.3) is 0 Å². The maximum Gasteiger partial charge on any atom is 0.242 e. The Labute approximate surface area is 179 Å². The molecule has 3 rings (SSSR count). The van der Waals surface area contributed by atoms with Crippen molar-refractivity contribution in [3.05, 3.63) is 45.9 Å². The molecule has 1 N–H and O–H groups in total. The number of carbonyl (C=O) groups is 1. The zero-order valence-corrected chi connectivity index (χ0v) is 18.9. The topological polar surface area (TPSA) is 84.9 Å². The summed E-state index contributed by atoms with van der Waals surface area (Å²) in [6, 6.07) is 8.87. The summed E-state index contributed by atoms with van der Waals surface area (Å²) in [5, 5.41) is 0. The summed E-state index contributed by atoms with van der Waals surface area (Å²) < 4.78 is 39.8. The van der Waals surface area contributed by atoms with Gasteiger partial charge in [-0.2, -0.15) is 0 Å². The third kappa shape index (κ3) is 4.57. The molecule has 9 heteroatoms. The van der Waals surface area contributed by atoms with Crippen LogP contribution in [0.3, 0.4) is 0 Å². The van der Waals surface area contributed by atoms with Gasteiger partial charge in [0.05, 0.1) is 19.9 Å². The van der Waals surface area contributed by atoms with E-state index in [0.29, 0.717) is 41.0 Å². The number of ether oxygens (including phenoxy) is 2. The number of halogens is 1. The van der Waals surface area contributed by atoms with Gasteiger partial charge in [0.15, 0.2) is 11.5 Å². The van der Waals surface area contributed by atoms with Gasteiger partial charge >= 0.3 is 0 Å². The molecule has 1 heterocycles. The van der Waals surface area contributed by atoms with E-state index in [9.17, 15) is 13.2 Å². The Balaban J connectivity index is 1.80. The Morgan fingerprint density at radius 1 is 1.17 bits per heavy atom. The number of nitrogens with one attached hydrogen (secondary N) is 1. The number of methoxy groups -OCH3 is 2. The fourth-order valence-corrected chi connectivity index (χ4v) is 5.39. The van der Waals surface area contributed by atoms with Crippen LogP contribution in [0.1, 0.15) is 18.1 Å². The second-order valence-electron chi connectivity index (χ2n) is 6.67. The molecule has 0 atom stereocenters. The minimum atomic E-state index is -3.80. The van der Waals surface area contributed by atoms with Crippen LogP contribution in [0.2, 0.25) is 0 Å². The molecule has 29 heavy (non-hydrogen) atoms. The van der Waals surface area contributed by atoms with Crippen molar-refractivity contribution in [2.45, 2.75) is 24.7 Å². The first-order valence-corrected chi connectivity index (χ1v) is 11.4. The number of fused-ring (bicyclic) bond motifs is 1. The Bertz CT molecular complexity index is 1040. The molecule has 0 saturated carbocycles. The van der Waals surface area contributed by atoms with Crippen LogP contribution in [0.4, 0.5) is 5.69 Å². The van der Waals surface area contributed by atoms with Crippen LogP contribution in [-0.4, -0.2) is 41.6 Å². The maximum absolute atomic E-state index is 13.0. The fraction of sp³-hybridized carbons (Fsp3) is 0.350. The Morgan fingerprint density at radius 3 is 2.55 bits per heavy atom. The molecule has 156 valence electrons. The van der Waals surface area contributed by atoms with E-state index in [1.54, 1.807) is 26.4 Å². The summed E-state index contributed by atoms with van der Waals surface area (Å²) in [5.41, 5.74) is 2.23. The smallest absolute Gasteiger partial charge is 0.242 e. The van der Waals surface area contributed by atoms with Crippen LogP contribution in [0.25, 0.3) is 0 Å². The molecule has 2 aromatic rings. The van der Waals surface area contributed by atoms with Crippen molar-refractivity contribution in [1.29, 1.82) is 0 Å². The minimum absolute atomic E-state index is 0.113. The molecule has 2 aromatic carbocycles. The van der Waals surface area contributed by atoms with Crippen molar-refractivity contribution in [2.75, 3.05) is 32.2 Å². The number of sulfonamides is 1. The molecule has 0 aliphatic carbocycles. The average molecular weight is 483 g/mol. The van der Waals surface area contributed by atoms with Gasteiger partial charge in [-0.25, -0.2) is 13.1 Å². The highest BCUT2D eigenvalue weighted by Gasteiger charge is 2.31. The Kier molecular flexibility index (Phi) is 6.50. The van der Waals surface area contributed by atoms with E-state index in [1.807, 2.05) is 18.2 Å². The number of hydrogen-bond donors (Lipinski definition) is 1. The highest BCUT2D eigenvalue weighted by atomic mass is 79.9. The quantitative estimate of drug-likeness (QED) is 0.655. The van der Waals surface area contributed by atoms with Gasteiger partial charge in [-0.15, -0.1) is 0 Å². The molecule has 1 aliphatic rings. The number of carbonyl (C=O) groups excluding carboxylic acids is 1. The first-order valence-electron chi connectivity index (χ1n) is 9.08. The highest BCUT2D eigenvalue weighted by molar-refractivity contribution is 9.10. The Hall–Kier alpha value is -2.10. The van der Waals surface area contributed by atoms with Gasteiger partial charge in [0, 0.05) is 24.5 Å². The molecule has 0 radical (unpaired) electrons. The SMILES string of the molecule is COc1ccc(CCNS(=O)(=O)c2cc(Br)cc3c2N(C(C)=O)CC3)cc1OC. The van der Waals surface area contributed by atoms with E-state index in [2.05, 4.69) is 20.7 Å². The normalized spacial score (nSPS) is 13.3. The summed E-state index contributed by atoms with van der Waals surface area (Å²) in [6.45, 7) is 2.13. The van der Waals surface area contributed by atoms with Crippen LogP contribution < -0.4 is 19.1 Å². The Morgan fingerprint density at radius 2 is 1.90 bits per heavy atom. The summed E-state index contributed by atoms with van der Waals surface area (Å²) in [7, 11) is -0.687. The lowest BCUT2D eigenvalue weighted by Crippen LogP contribution is -2.31. The second kappa shape index (κ2) is 8.73. The minimum Gasteiger partial charge on any atom is -0.493 e. The molecule has 0 aromatic heterocycles. The number of rotatable bonds is 7. The molecule has 0 spiro atoms. The van der Waals surface area contributed by atoms with Crippen molar-refractivity contribution < 1.29 is 22.7 Å². The van der Waals surface area contributed by atoms with Crippen LogP contribution in [0.5, 0.6) is 11.5 Å².